The molecule has 1 rings (SSSR count). The largest absolute Gasteiger partial charge is 0.379 e. The lowest BCUT2D eigenvalue weighted by atomic mass is 9.99. The standard InChI is InChI=1S/C15H30N2O2/c1-4-9-17-11-14(12-17)15(18)16-8-6-5-7-10-19-13(2)3/h13-14H,4-12H2,1-3H3,(H,16,18). The summed E-state index contributed by atoms with van der Waals surface area (Å²) in [4.78, 5) is 14.1. The molecule has 1 aliphatic heterocycles. The number of unbranched alkanes of at least 4 members (excludes halogenated alkanes) is 2. The van der Waals surface area contributed by atoms with Crippen LogP contribution in [-0.2, 0) is 9.53 Å². The van der Waals surface area contributed by atoms with Crippen molar-refractivity contribution in [3.63, 3.8) is 0 Å². The predicted molar refractivity (Wildman–Crippen MR) is 78.2 cm³/mol. The van der Waals surface area contributed by atoms with Gasteiger partial charge in [-0.15, -0.1) is 0 Å². The number of hydrogen-bond acceptors (Lipinski definition) is 3. The van der Waals surface area contributed by atoms with Crippen LogP contribution in [-0.4, -0.2) is 49.7 Å². The molecule has 0 atom stereocenters. The second-order valence-electron chi connectivity index (χ2n) is 5.73. The van der Waals surface area contributed by atoms with Gasteiger partial charge < -0.3 is 15.0 Å². The maximum Gasteiger partial charge on any atom is 0.225 e. The minimum Gasteiger partial charge on any atom is -0.379 e. The quantitative estimate of drug-likeness (QED) is 0.618. The number of hydrogen-bond donors (Lipinski definition) is 1. The molecule has 0 unspecified atom stereocenters. The van der Waals surface area contributed by atoms with Crippen molar-refractivity contribution in [2.75, 3.05) is 32.8 Å². The molecular weight excluding hydrogens is 240 g/mol. The lowest BCUT2D eigenvalue weighted by molar-refractivity contribution is -0.130. The van der Waals surface area contributed by atoms with E-state index in [-0.39, 0.29) is 11.8 Å². The minimum atomic E-state index is 0.232. The van der Waals surface area contributed by atoms with E-state index in [0.29, 0.717) is 6.10 Å². The summed E-state index contributed by atoms with van der Waals surface area (Å²) < 4.78 is 5.48. The molecule has 0 bridgehead atoms. The number of carbonyl (C=O) groups is 1. The number of amides is 1. The Labute approximate surface area is 117 Å². The number of nitrogens with zero attached hydrogens (tertiary/aromatic N) is 1. The Kier molecular flexibility index (Phi) is 8.07. The number of rotatable bonds is 10. The van der Waals surface area contributed by atoms with Crippen LogP contribution in [0.25, 0.3) is 0 Å². The minimum absolute atomic E-state index is 0.232. The summed E-state index contributed by atoms with van der Waals surface area (Å²) in [7, 11) is 0. The third-order valence-electron chi connectivity index (χ3n) is 3.44. The van der Waals surface area contributed by atoms with Crippen molar-refractivity contribution >= 4 is 5.91 Å². The molecule has 1 aliphatic rings. The molecule has 0 aliphatic carbocycles. The van der Waals surface area contributed by atoms with Gasteiger partial charge in [0, 0.05) is 26.2 Å². The fraction of sp³-hybridized carbons (Fsp3) is 0.933. The van der Waals surface area contributed by atoms with E-state index < -0.39 is 0 Å². The van der Waals surface area contributed by atoms with Crippen molar-refractivity contribution in [1.82, 2.24) is 10.2 Å². The van der Waals surface area contributed by atoms with Crippen molar-refractivity contribution in [3.05, 3.63) is 0 Å². The maximum absolute atomic E-state index is 11.8. The fourth-order valence-electron chi connectivity index (χ4n) is 2.31. The van der Waals surface area contributed by atoms with Crippen LogP contribution in [0.15, 0.2) is 0 Å². The van der Waals surface area contributed by atoms with Crippen molar-refractivity contribution < 1.29 is 9.53 Å². The predicted octanol–water partition coefficient (Wildman–Crippen LogP) is 2.04. The van der Waals surface area contributed by atoms with E-state index in [1.165, 1.54) is 6.42 Å². The molecule has 1 N–H and O–H groups in total. The van der Waals surface area contributed by atoms with Crippen LogP contribution in [0.4, 0.5) is 0 Å². The highest BCUT2D eigenvalue weighted by atomic mass is 16.5. The first-order chi connectivity index (χ1) is 9.13. The van der Waals surface area contributed by atoms with Crippen LogP contribution >= 0.6 is 0 Å². The highest BCUT2D eigenvalue weighted by Crippen LogP contribution is 2.15. The van der Waals surface area contributed by atoms with Gasteiger partial charge in [0.25, 0.3) is 0 Å². The fourth-order valence-corrected chi connectivity index (χ4v) is 2.31. The molecule has 0 aromatic heterocycles. The van der Waals surface area contributed by atoms with Crippen LogP contribution in [0.3, 0.4) is 0 Å². The van der Waals surface area contributed by atoms with Gasteiger partial charge in [-0.3, -0.25) is 4.79 Å². The van der Waals surface area contributed by atoms with Crippen molar-refractivity contribution in [2.45, 2.75) is 52.6 Å². The molecule has 0 aromatic rings. The summed E-state index contributed by atoms with van der Waals surface area (Å²) in [6.07, 6.45) is 4.76. The number of ether oxygens (including phenoxy) is 1. The molecule has 19 heavy (non-hydrogen) atoms. The Morgan fingerprint density at radius 3 is 2.68 bits per heavy atom. The Morgan fingerprint density at radius 2 is 2.05 bits per heavy atom. The van der Waals surface area contributed by atoms with E-state index in [0.717, 1.165) is 52.0 Å². The second kappa shape index (κ2) is 9.32. The topological polar surface area (TPSA) is 41.6 Å². The smallest absolute Gasteiger partial charge is 0.225 e. The Bertz CT molecular complexity index is 251. The maximum atomic E-state index is 11.8. The van der Waals surface area contributed by atoms with Gasteiger partial charge in [-0.1, -0.05) is 6.92 Å². The first-order valence-corrected chi connectivity index (χ1v) is 7.75. The molecular formula is C15H30N2O2. The van der Waals surface area contributed by atoms with E-state index >= 15 is 0 Å². The summed E-state index contributed by atoms with van der Waals surface area (Å²) in [5, 5.41) is 3.04. The van der Waals surface area contributed by atoms with Gasteiger partial charge in [0.05, 0.1) is 12.0 Å². The number of carbonyl (C=O) groups excluding carboxylic acids is 1. The summed E-state index contributed by atoms with van der Waals surface area (Å²) in [6.45, 7) is 11.0. The first kappa shape index (κ1) is 16.4. The average molecular weight is 270 g/mol. The van der Waals surface area contributed by atoms with Gasteiger partial charge in [-0.2, -0.15) is 0 Å². The Morgan fingerprint density at radius 1 is 1.32 bits per heavy atom. The zero-order chi connectivity index (χ0) is 14.1. The third-order valence-corrected chi connectivity index (χ3v) is 3.44. The lowest BCUT2D eigenvalue weighted by Gasteiger charge is -2.38. The average Bonchev–Trinajstić information content (AvgIpc) is 2.31. The Hall–Kier alpha value is -0.610. The highest BCUT2D eigenvalue weighted by Gasteiger charge is 2.31. The van der Waals surface area contributed by atoms with Gasteiger partial charge in [-0.05, 0) is 46.1 Å². The molecule has 0 saturated carbocycles. The molecule has 0 radical (unpaired) electrons. The summed E-state index contributed by atoms with van der Waals surface area (Å²) >= 11 is 0. The third kappa shape index (κ3) is 6.92. The number of nitrogens with one attached hydrogen (secondary N) is 1. The first-order valence-electron chi connectivity index (χ1n) is 7.75. The van der Waals surface area contributed by atoms with Crippen molar-refractivity contribution in [1.29, 1.82) is 0 Å². The summed E-state index contributed by atoms with van der Waals surface area (Å²) in [5.41, 5.74) is 0. The van der Waals surface area contributed by atoms with Gasteiger partial charge in [0.2, 0.25) is 5.91 Å². The van der Waals surface area contributed by atoms with Crippen LogP contribution < -0.4 is 5.32 Å². The van der Waals surface area contributed by atoms with Crippen molar-refractivity contribution in [3.8, 4) is 0 Å². The van der Waals surface area contributed by atoms with E-state index in [1.807, 2.05) is 0 Å². The van der Waals surface area contributed by atoms with Gasteiger partial charge in [0.15, 0.2) is 0 Å². The molecule has 0 spiro atoms. The van der Waals surface area contributed by atoms with Crippen molar-refractivity contribution in [2.24, 2.45) is 5.92 Å². The van der Waals surface area contributed by atoms with Crippen LogP contribution in [0, 0.1) is 5.92 Å². The van der Waals surface area contributed by atoms with Gasteiger partial charge in [0.1, 0.15) is 0 Å². The Balaban J connectivity index is 1.89. The summed E-state index contributed by atoms with van der Waals surface area (Å²) in [5.74, 6) is 0.474. The summed E-state index contributed by atoms with van der Waals surface area (Å²) in [6, 6.07) is 0. The van der Waals surface area contributed by atoms with Crippen LogP contribution in [0.5, 0.6) is 0 Å². The molecule has 1 heterocycles. The normalized spacial score (nSPS) is 16.6. The zero-order valence-corrected chi connectivity index (χ0v) is 12.8. The molecule has 1 fully saturated rings. The molecule has 1 amide bonds. The van der Waals surface area contributed by atoms with Gasteiger partial charge in [-0.25, -0.2) is 0 Å². The molecule has 4 heteroatoms. The van der Waals surface area contributed by atoms with Crippen LogP contribution in [0.2, 0.25) is 0 Å². The van der Waals surface area contributed by atoms with Crippen LogP contribution in [0.1, 0.15) is 46.5 Å². The zero-order valence-electron chi connectivity index (χ0n) is 12.8. The monoisotopic (exact) mass is 270 g/mol. The molecule has 4 nitrogen and oxygen atoms in total. The van der Waals surface area contributed by atoms with E-state index in [9.17, 15) is 4.79 Å². The lowest BCUT2D eigenvalue weighted by Crippen LogP contribution is -2.53. The molecule has 1 saturated heterocycles. The van der Waals surface area contributed by atoms with E-state index in [2.05, 4.69) is 31.0 Å². The highest BCUT2D eigenvalue weighted by molar-refractivity contribution is 5.79. The molecule has 0 aromatic carbocycles. The SMILES string of the molecule is CCCN1CC(C(=O)NCCCCCOC(C)C)C1. The second-order valence-corrected chi connectivity index (χ2v) is 5.73. The molecule has 112 valence electrons. The number of likely N-dealkylation sites (tertiary alicyclic amines) is 1. The van der Waals surface area contributed by atoms with E-state index in [4.69, 9.17) is 4.74 Å². The van der Waals surface area contributed by atoms with E-state index in [1.54, 1.807) is 0 Å². The van der Waals surface area contributed by atoms with Gasteiger partial charge >= 0.3 is 0 Å².